The molecule has 1 saturated heterocycles. The molecule has 39 heavy (non-hydrogen) atoms. The van der Waals surface area contributed by atoms with E-state index in [2.05, 4.69) is 25.3 Å². The van der Waals surface area contributed by atoms with Crippen molar-refractivity contribution in [3.63, 3.8) is 0 Å². The normalized spacial score (nSPS) is 13.6. The SMILES string of the molecule is CCCCOC(=O)Nc1ccc(Oc2nc(N3CCOCC3)nc(-n3c(C(F)F)nc4ccccc43)n2)cc1. The van der Waals surface area contributed by atoms with Crippen molar-refractivity contribution in [1.82, 2.24) is 24.5 Å². The van der Waals surface area contributed by atoms with Gasteiger partial charge < -0.3 is 19.1 Å². The van der Waals surface area contributed by atoms with Crippen molar-refractivity contribution in [2.75, 3.05) is 43.1 Å². The van der Waals surface area contributed by atoms with Crippen LogP contribution in [0.3, 0.4) is 0 Å². The van der Waals surface area contributed by atoms with Gasteiger partial charge in [0.05, 0.1) is 30.9 Å². The number of carbonyl (C=O) groups excluding carboxylic acids is 1. The molecule has 5 rings (SSSR count). The zero-order valence-corrected chi connectivity index (χ0v) is 21.2. The fraction of sp³-hybridized carbons (Fsp3) is 0.346. The molecular formula is C26H27F2N7O4. The highest BCUT2D eigenvalue weighted by Crippen LogP contribution is 2.29. The monoisotopic (exact) mass is 539 g/mol. The molecule has 13 heteroatoms. The first-order valence-corrected chi connectivity index (χ1v) is 12.6. The average molecular weight is 540 g/mol. The van der Waals surface area contributed by atoms with Gasteiger partial charge in [-0.25, -0.2) is 18.6 Å². The van der Waals surface area contributed by atoms with Gasteiger partial charge in [0.1, 0.15) is 5.75 Å². The Kier molecular flexibility index (Phi) is 8.06. The molecule has 0 atom stereocenters. The van der Waals surface area contributed by atoms with E-state index in [0.717, 1.165) is 12.8 Å². The summed E-state index contributed by atoms with van der Waals surface area (Å²) in [6.45, 7) is 4.34. The van der Waals surface area contributed by atoms with Crippen molar-refractivity contribution in [2.45, 2.75) is 26.2 Å². The van der Waals surface area contributed by atoms with Gasteiger partial charge in [0.2, 0.25) is 11.9 Å². The van der Waals surface area contributed by atoms with Gasteiger partial charge in [-0.2, -0.15) is 15.0 Å². The molecule has 0 unspecified atom stereocenters. The molecule has 4 aromatic rings. The summed E-state index contributed by atoms with van der Waals surface area (Å²) in [7, 11) is 0. The van der Waals surface area contributed by atoms with Gasteiger partial charge >= 0.3 is 12.1 Å². The van der Waals surface area contributed by atoms with E-state index >= 15 is 0 Å². The number of nitrogens with zero attached hydrogens (tertiary/aromatic N) is 6. The maximum Gasteiger partial charge on any atom is 0.411 e. The van der Waals surface area contributed by atoms with Crippen molar-refractivity contribution >= 4 is 28.8 Å². The van der Waals surface area contributed by atoms with E-state index in [4.69, 9.17) is 14.2 Å². The highest BCUT2D eigenvalue weighted by molar-refractivity contribution is 5.84. The van der Waals surface area contributed by atoms with Crippen molar-refractivity contribution in [1.29, 1.82) is 0 Å². The number of aromatic nitrogens is 5. The lowest BCUT2D eigenvalue weighted by atomic mass is 10.3. The Morgan fingerprint density at radius 2 is 1.77 bits per heavy atom. The molecule has 204 valence electrons. The fourth-order valence-corrected chi connectivity index (χ4v) is 3.96. The molecule has 11 nitrogen and oxygen atoms in total. The predicted octanol–water partition coefficient (Wildman–Crippen LogP) is 5.13. The summed E-state index contributed by atoms with van der Waals surface area (Å²) in [5.74, 6) is 0.111. The Morgan fingerprint density at radius 1 is 1.03 bits per heavy atom. The molecule has 1 amide bonds. The number of amides is 1. The number of hydrogen-bond donors (Lipinski definition) is 1. The lowest BCUT2D eigenvalue weighted by Gasteiger charge is -2.27. The van der Waals surface area contributed by atoms with Crippen molar-refractivity contribution < 1.29 is 27.8 Å². The minimum absolute atomic E-state index is 0.0430. The predicted molar refractivity (Wildman–Crippen MR) is 139 cm³/mol. The molecule has 1 aliphatic heterocycles. The topological polar surface area (TPSA) is 117 Å². The molecule has 0 radical (unpaired) electrons. The summed E-state index contributed by atoms with van der Waals surface area (Å²) in [6, 6.07) is 13.2. The highest BCUT2D eigenvalue weighted by Gasteiger charge is 2.25. The summed E-state index contributed by atoms with van der Waals surface area (Å²) < 4.78 is 45.7. The lowest BCUT2D eigenvalue weighted by Crippen LogP contribution is -2.37. The maximum atomic E-state index is 14.0. The number of rotatable bonds is 9. The standard InChI is InChI=1S/C26H27F2N7O4/c1-2-3-14-38-26(36)29-17-8-10-18(11-9-17)39-25-32-23(34-12-15-37-16-13-34)31-24(33-25)35-20-7-5-4-6-19(20)30-22(35)21(27)28/h4-11,21H,2-3,12-16H2,1H3,(H,29,36). The molecule has 1 aliphatic rings. The van der Waals surface area contributed by atoms with E-state index in [1.165, 1.54) is 4.57 Å². The number of morpholine rings is 1. The number of hydrogen-bond acceptors (Lipinski definition) is 9. The van der Waals surface area contributed by atoms with Crippen LogP contribution in [0.5, 0.6) is 11.8 Å². The Balaban J connectivity index is 1.45. The summed E-state index contributed by atoms with van der Waals surface area (Å²) in [5, 5.41) is 2.65. The Bertz CT molecular complexity index is 1430. The number of imidazole rings is 1. The van der Waals surface area contributed by atoms with Gasteiger partial charge in [-0.15, -0.1) is 0 Å². The van der Waals surface area contributed by atoms with Gasteiger partial charge in [-0.3, -0.25) is 9.88 Å². The maximum absolute atomic E-state index is 14.0. The average Bonchev–Trinajstić information content (AvgIpc) is 3.35. The number of benzene rings is 2. The number of ether oxygens (including phenoxy) is 3. The van der Waals surface area contributed by atoms with E-state index in [-0.39, 0.29) is 17.9 Å². The van der Waals surface area contributed by atoms with Crippen molar-refractivity contribution in [3.8, 4) is 17.7 Å². The number of halogens is 2. The molecule has 1 N–H and O–H groups in total. The highest BCUT2D eigenvalue weighted by atomic mass is 19.3. The van der Waals surface area contributed by atoms with Gasteiger partial charge in [-0.05, 0) is 42.8 Å². The van der Waals surface area contributed by atoms with Crippen molar-refractivity contribution in [2.24, 2.45) is 0 Å². The van der Waals surface area contributed by atoms with E-state index in [0.29, 0.717) is 55.4 Å². The molecule has 2 aromatic carbocycles. The van der Waals surface area contributed by atoms with Crippen LogP contribution in [0.15, 0.2) is 48.5 Å². The van der Waals surface area contributed by atoms with Crippen LogP contribution in [-0.2, 0) is 9.47 Å². The van der Waals surface area contributed by atoms with Crippen LogP contribution in [0.1, 0.15) is 32.0 Å². The Morgan fingerprint density at radius 3 is 2.51 bits per heavy atom. The fourth-order valence-electron chi connectivity index (χ4n) is 3.96. The van der Waals surface area contributed by atoms with Crippen LogP contribution in [0, 0.1) is 0 Å². The van der Waals surface area contributed by atoms with E-state index in [1.54, 1.807) is 48.5 Å². The number of anilines is 2. The number of carbonyl (C=O) groups is 1. The van der Waals surface area contributed by atoms with Crippen molar-refractivity contribution in [3.05, 3.63) is 54.4 Å². The van der Waals surface area contributed by atoms with Crippen LogP contribution < -0.4 is 15.0 Å². The second-order valence-corrected chi connectivity index (χ2v) is 8.65. The minimum Gasteiger partial charge on any atom is -0.449 e. The van der Waals surface area contributed by atoms with E-state index in [9.17, 15) is 13.6 Å². The third-order valence-electron chi connectivity index (χ3n) is 5.91. The molecule has 0 bridgehead atoms. The van der Waals surface area contributed by atoms with Gasteiger partial charge in [-0.1, -0.05) is 25.5 Å². The van der Waals surface area contributed by atoms with Gasteiger partial charge in [0.25, 0.3) is 6.43 Å². The molecule has 2 aromatic heterocycles. The van der Waals surface area contributed by atoms with Crippen LogP contribution in [0.25, 0.3) is 17.0 Å². The first kappa shape index (κ1) is 26.2. The van der Waals surface area contributed by atoms with Gasteiger partial charge in [0, 0.05) is 18.8 Å². The second-order valence-electron chi connectivity index (χ2n) is 8.65. The minimum atomic E-state index is -2.86. The van der Waals surface area contributed by atoms with E-state index in [1.807, 2.05) is 11.8 Å². The Hall–Kier alpha value is -4.39. The second kappa shape index (κ2) is 12.0. The van der Waals surface area contributed by atoms with Crippen LogP contribution in [-0.4, -0.2) is 63.5 Å². The number of fused-ring (bicyclic) bond motifs is 1. The summed E-state index contributed by atoms with van der Waals surface area (Å²) >= 11 is 0. The Labute approximate surface area is 222 Å². The smallest absolute Gasteiger partial charge is 0.411 e. The van der Waals surface area contributed by atoms with Crippen LogP contribution >= 0.6 is 0 Å². The molecule has 1 fully saturated rings. The molecule has 3 heterocycles. The van der Waals surface area contributed by atoms with Gasteiger partial charge in [0.15, 0.2) is 5.82 Å². The number of para-hydroxylation sites is 2. The number of unbranched alkanes of at least 4 members (excludes halogenated alkanes) is 1. The molecular weight excluding hydrogens is 512 g/mol. The number of nitrogens with one attached hydrogen (secondary N) is 1. The molecule has 0 aliphatic carbocycles. The quantitative estimate of drug-likeness (QED) is 0.289. The molecule has 0 saturated carbocycles. The number of alkyl halides is 2. The first-order chi connectivity index (χ1) is 19.0. The van der Waals surface area contributed by atoms with Crippen LogP contribution in [0.2, 0.25) is 0 Å². The largest absolute Gasteiger partial charge is 0.449 e. The molecule has 0 spiro atoms. The zero-order valence-electron chi connectivity index (χ0n) is 21.2. The first-order valence-electron chi connectivity index (χ1n) is 12.6. The third-order valence-corrected chi connectivity index (χ3v) is 5.91. The van der Waals surface area contributed by atoms with Crippen LogP contribution in [0.4, 0.5) is 25.2 Å². The summed E-state index contributed by atoms with van der Waals surface area (Å²) in [5.41, 5.74) is 1.33. The summed E-state index contributed by atoms with van der Waals surface area (Å²) in [4.78, 5) is 31.2. The third kappa shape index (κ3) is 6.20. The zero-order chi connectivity index (χ0) is 27.2. The lowest BCUT2D eigenvalue weighted by molar-refractivity contribution is 0.122. The van der Waals surface area contributed by atoms with E-state index < -0.39 is 18.3 Å². The summed E-state index contributed by atoms with van der Waals surface area (Å²) in [6.07, 6.45) is -1.70.